The monoisotopic (exact) mass is 238 g/mol. The Balaban J connectivity index is 2.21. The zero-order chi connectivity index (χ0) is 12.7. The second-order valence-corrected chi connectivity index (χ2v) is 4.39. The van der Waals surface area contributed by atoms with Gasteiger partial charge in [0.2, 0.25) is 5.91 Å². The highest BCUT2D eigenvalue weighted by Gasteiger charge is 2.02. The lowest BCUT2D eigenvalue weighted by Crippen LogP contribution is -2.28. The highest BCUT2D eigenvalue weighted by atomic mass is 19.1. The van der Waals surface area contributed by atoms with Crippen LogP contribution in [0.3, 0.4) is 0 Å². The van der Waals surface area contributed by atoms with Crippen LogP contribution < -0.4 is 10.6 Å². The first-order valence-corrected chi connectivity index (χ1v) is 5.84. The normalized spacial score (nSPS) is 10.4. The summed E-state index contributed by atoms with van der Waals surface area (Å²) in [7, 11) is 0. The molecule has 0 saturated carbocycles. The summed E-state index contributed by atoms with van der Waals surface area (Å²) >= 11 is 0. The summed E-state index contributed by atoms with van der Waals surface area (Å²) in [5.41, 5.74) is 0.696. The molecule has 3 nitrogen and oxygen atoms in total. The zero-order valence-corrected chi connectivity index (χ0v) is 10.3. The summed E-state index contributed by atoms with van der Waals surface area (Å²) in [6, 6.07) is 6.21. The van der Waals surface area contributed by atoms with Crippen LogP contribution in [0.25, 0.3) is 0 Å². The van der Waals surface area contributed by atoms with Gasteiger partial charge in [-0.15, -0.1) is 0 Å². The van der Waals surface area contributed by atoms with Crippen molar-refractivity contribution in [1.82, 2.24) is 5.32 Å². The SMILES string of the molecule is CC(C)CNC(=O)CCNc1cccc(F)c1. The van der Waals surface area contributed by atoms with Crippen LogP contribution in [-0.2, 0) is 4.79 Å². The van der Waals surface area contributed by atoms with Gasteiger partial charge in [-0.3, -0.25) is 4.79 Å². The molecule has 0 bridgehead atoms. The first kappa shape index (κ1) is 13.5. The number of rotatable bonds is 6. The average molecular weight is 238 g/mol. The van der Waals surface area contributed by atoms with E-state index >= 15 is 0 Å². The van der Waals surface area contributed by atoms with Gasteiger partial charge >= 0.3 is 0 Å². The van der Waals surface area contributed by atoms with E-state index in [9.17, 15) is 9.18 Å². The number of hydrogen-bond donors (Lipinski definition) is 2. The minimum atomic E-state index is -0.278. The summed E-state index contributed by atoms with van der Waals surface area (Å²) in [5, 5.41) is 5.83. The van der Waals surface area contributed by atoms with E-state index in [2.05, 4.69) is 10.6 Å². The van der Waals surface area contributed by atoms with Crippen molar-refractivity contribution in [2.45, 2.75) is 20.3 Å². The molecule has 2 N–H and O–H groups in total. The van der Waals surface area contributed by atoms with E-state index in [0.29, 0.717) is 31.1 Å². The molecule has 1 amide bonds. The Bertz CT molecular complexity index is 366. The van der Waals surface area contributed by atoms with Crippen molar-refractivity contribution in [3.63, 3.8) is 0 Å². The first-order chi connectivity index (χ1) is 8.08. The molecule has 0 aromatic heterocycles. The van der Waals surface area contributed by atoms with Gasteiger partial charge in [0.1, 0.15) is 5.82 Å². The Kier molecular flexibility index (Phi) is 5.46. The molecule has 17 heavy (non-hydrogen) atoms. The van der Waals surface area contributed by atoms with Crippen LogP contribution in [0.15, 0.2) is 24.3 Å². The molecule has 1 aromatic carbocycles. The smallest absolute Gasteiger partial charge is 0.221 e. The summed E-state index contributed by atoms with van der Waals surface area (Å²) in [5.74, 6) is 0.192. The molecule has 0 atom stereocenters. The maximum atomic E-state index is 12.8. The van der Waals surface area contributed by atoms with Gasteiger partial charge in [-0.25, -0.2) is 4.39 Å². The molecule has 0 spiro atoms. The third kappa shape index (κ3) is 5.90. The maximum Gasteiger partial charge on any atom is 0.221 e. The largest absolute Gasteiger partial charge is 0.384 e. The quantitative estimate of drug-likeness (QED) is 0.799. The van der Waals surface area contributed by atoms with Gasteiger partial charge in [-0.2, -0.15) is 0 Å². The van der Waals surface area contributed by atoms with E-state index in [1.807, 2.05) is 13.8 Å². The summed E-state index contributed by atoms with van der Waals surface area (Å²) in [6.45, 7) is 5.29. The number of halogens is 1. The molecule has 0 aliphatic heterocycles. The predicted molar refractivity (Wildman–Crippen MR) is 67.4 cm³/mol. The van der Waals surface area contributed by atoms with E-state index in [4.69, 9.17) is 0 Å². The number of nitrogens with one attached hydrogen (secondary N) is 2. The molecule has 94 valence electrons. The molecule has 0 heterocycles. The number of amides is 1. The van der Waals surface area contributed by atoms with Gasteiger partial charge in [-0.05, 0) is 24.1 Å². The number of anilines is 1. The fourth-order valence-corrected chi connectivity index (χ4v) is 1.33. The minimum Gasteiger partial charge on any atom is -0.384 e. The number of benzene rings is 1. The van der Waals surface area contributed by atoms with Crippen molar-refractivity contribution in [3.05, 3.63) is 30.1 Å². The summed E-state index contributed by atoms with van der Waals surface area (Å²) in [6.07, 6.45) is 0.392. The van der Waals surface area contributed by atoms with Gasteiger partial charge in [0.15, 0.2) is 0 Å². The lowest BCUT2D eigenvalue weighted by Gasteiger charge is -2.09. The van der Waals surface area contributed by atoms with E-state index in [0.717, 1.165) is 0 Å². The number of carbonyl (C=O) groups is 1. The highest BCUT2D eigenvalue weighted by Crippen LogP contribution is 2.08. The Morgan fingerprint density at radius 2 is 2.18 bits per heavy atom. The lowest BCUT2D eigenvalue weighted by molar-refractivity contribution is -0.120. The van der Waals surface area contributed by atoms with Gasteiger partial charge in [0, 0.05) is 25.2 Å². The number of hydrogen-bond acceptors (Lipinski definition) is 2. The molecular weight excluding hydrogens is 219 g/mol. The topological polar surface area (TPSA) is 41.1 Å². The molecule has 4 heteroatoms. The molecule has 0 radical (unpaired) electrons. The van der Waals surface area contributed by atoms with Crippen molar-refractivity contribution in [2.75, 3.05) is 18.4 Å². The Morgan fingerprint density at radius 1 is 1.41 bits per heavy atom. The Labute approximate surface area is 101 Å². The minimum absolute atomic E-state index is 0.0163. The van der Waals surface area contributed by atoms with E-state index in [1.54, 1.807) is 12.1 Å². The zero-order valence-electron chi connectivity index (χ0n) is 10.3. The van der Waals surface area contributed by atoms with Gasteiger partial charge in [0.25, 0.3) is 0 Å². The van der Waals surface area contributed by atoms with Crippen LogP contribution in [0.1, 0.15) is 20.3 Å². The predicted octanol–water partition coefficient (Wildman–Crippen LogP) is 2.40. The molecule has 0 unspecified atom stereocenters. The molecular formula is C13H19FN2O. The van der Waals surface area contributed by atoms with E-state index < -0.39 is 0 Å². The van der Waals surface area contributed by atoms with Gasteiger partial charge in [0.05, 0.1) is 0 Å². The van der Waals surface area contributed by atoms with Crippen LogP contribution in [0.4, 0.5) is 10.1 Å². The molecule has 0 fully saturated rings. The first-order valence-electron chi connectivity index (χ1n) is 5.84. The summed E-state index contributed by atoms with van der Waals surface area (Å²) in [4.78, 5) is 11.4. The van der Waals surface area contributed by atoms with Crippen LogP contribution >= 0.6 is 0 Å². The third-order valence-corrected chi connectivity index (χ3v) is 2.21. The van der Waals surface area contributed by atoms with Gasteiger partial charge in [-0.1, -0.05) is 19.9 Å². The highest BCUT2D eigenvalue weighted by molar-refractivity contribution is 5.76. The second-order valence-electron chi connectivity index (χ2n) is 4.39. The van der Waals surface area contributed by atoms with Gasteiger partial charge < -0.3 is 10.6 Å². The lowest BCUT2D eigenvalue weighted by atomic mass is 10.2. The number of carbonyl (C=O) groups excluding carboxylic acids is 1. The van der Waals surface area contributed by atoms with Crippen molar-refractivity contribution >= 4 is 11.6 Å². The van der Waals surface area contributed by atoms with E-state index in [-0.39, 0.29) is 11.7 Å². The molecule has 0 aliphatic carbocycles. The average Bonchev–Trinajstić information content (AvgIpc) is 2.26. The second kappa shape index (κ2) is 6.89. The van der Waals surface area contributed by atoms with Crippen LogP contribution in [0.2, 0.25) is 0 Å². The Morgan fingerprint density at radius 3 is 2.82 bits per heavy atom. The fourth-order valence-electron chi connectivity index (χ4n) is 1.33. The van der Waals surface area contributed by atoms with Crippen molar-refractivity contribution in [3.8, 4) is 0 Å². The molecule has 1 rings (SSSR count). The van der Waals surface area contributed by atoms with Crippen LogP contribution in [0, 0.1) is 11.7 Å². The summed E-state index contributed by atoms with van der Waals surface area (Å²) < 4.78 is 12.8. The van der Waals surface area contributed by atoms with E-state index in [1.165, 1.54) is 12.1 Å². The maximum absolute atomic E-state index is 12.8. The fraction of sp³-hybridized carbons (Fsp3) is 0.462. The van der Waals surface area contributed by atoms with Crippen LogP contribution in [-0.4, -0.2) is 19.0 Å². The molecule has 0 saturated heterocycles. The third-order valence-electron chi connectivity index (χ3n) is 2.21. The van der Waals surface area contributed by atoms with Crippen molar-refractivity contribution < 1.29 is 9.18 Å². The van der Waals surface area contributed by atoms with Crippen molar-refractivity contribution in [1.29, 1.82) is 0 Å². The Hall–Kier alpha value is -1.58. The molecule has 1 aromatic rings. The molecule has 0 aliphatic rings. The van der Waals surface area contributed by atoms with Crippen molar-refractivity contribution in [2.24, 2.45) is 5.92 Å². The standard InChI is InChI=1S/C13H19FN2O/c1-10(2)9-16-13(17)6-7-15-12-5-3-4-11(14)8-12/h3-5,8,10,15H,6-7,9H2,1-2H3,(H,16,17). The van der Waals surface area contributed by atoms with Crippen LogP contribution in [0.5, 0.6) is 0 Å².